The minimum Gasteiger partial charge on any atom is -0.500 e. The summed E-state index contributed by atoms with van der Waals surface area (Å²) in [7, 11) is 0. The molecular formula is C50H38N2O2Pt. The van der Waals surface area contributed by atoms with E-state index in [1.165, 1.54) is 10.8 Å². The summed E-state index contributed by atoms with van der Waals surface area (Å²) in [6.45, 7) is 4.65. The van der Waals surface area contributed by atoms with E-state index < -0.39 is 5.89 Å². The van der Waals surface area contributed by atoms with Gasteiger partial charge in [-0.3, -0.25) is 0 Å². The number of hydrogen-bond acceptors (Lipinski definition) is 4. The Morgan fingerprint density at radius 3 is 2.09 bits per heavy atom. The van der Waals surface area contributed by atoms with E-state index >= 15 is 0 Å². The predicted molar refractivity (Wildman–Crippen MR) is 220 cm³/mol. The van der Waals surface area contributed by atoms with Crippen molar-refractivity contribution in [3.8, 4) is 45.1 Å². The summed E-state index contributed by atoms with van der Waals surface area (Å²) in [5.41, 5.74) is 8.48. The molecule has 0 aliphatic heterocycles. The van der Waals surface area contributed by atoms with Gasteiger partial charge in [0.2, 0.25) is 0 Å². The molecule has 0 amide bonds. The Balaban J connectivity index is 0.00000410. The Morgan fingerprint density at radius 1 is 0.636 bits per heavy atom. The molecule has 0 radical (unpaired) electrons. The van der Waals surface area contributed by atoms with E-state index in [4.69, 9.17) is 9.15 Å². The second-order valence-corrected chi connectivity index (χ2v) is 15.2. The van der Waals surface area contributed by atoms with Gasteiger partial charge in [-0.2, -0.15) is 0 Å². The minimum atomic E-state index is -0.492. The van der Waals surface area contributed by atoms with Crippen LogP contribution in [0.2, 0.25) is 0 Å². The Bertz CT molecular complexity index is 2880. The monoisotopic (exact) mass is 894 g/mol. The van der Waals surface area contributed by atoms with E-state index in [0.29, 0.717) is 22.5 Å². The van der Waals surface area contributed by atoms with Crippen molar-refractivity contribution in [2.24, 2.45) is 5.41 Å². The summed E-state index contributed by atoms with van der Waals surface area (Å²) in [6, 6.07) is 50.5. The first-order valence-electron chi connectivity index (χ1n) is 19.2. The van der Waals surface area contributed by atoms with Crippen LogP contribution in [0.4, 0.5) is 0 Å². The molecular weight excluding hydrogens is 856 g/mol. The van der Waals surface area contributed by atoms with Crippen molar-refractivity contribution in [1.29, 1.82) is 0 Å². The van der Waals surface area contributed by atoms with Gasteiger partial charge in [0.1, 0.15) is 5.58 Å². The molecule has 9 aromatic rings. The van der Waals surface area contributed by atoms with Crippen molar-refractivity contribution < 1.29 is 31.6 Å². The molecule has 5 heteroatoms. The van der Waals surface area contributed by atoms with Gasteiger partial charge in [-0.1, -0.05) is 128 Å². The molecule has 0 atom stereocenters. The third-order valence-electron chi connectivity index (χ3n) is 11.1. The van der Waals surface area contributed by atoms with E-state index in [1.807, 2.05) is 60.7 Å². The molecule has 55 heavy (non-hydrogen) atoms. The van der Waals surface area contributed by atoms with Gasteiger partial charge in [-0.25, -0.2) is 0 Å². The van der Waals surface area contributed by atoms with Gasteiger partial charge in [0.25, 0.3) is 0 Å². The Kier molecular flexibility index (Phi) is 8.80. The van der Waals surface area contributed by atoms with Crippen LogP contribution in [0.5, 0.6) is 11.5 Å². The van der Waals surface area contributed by atoms with E-state index in [-0.39, 0.29) is 21.1 Å². The third-order valence-corrected chi connectivity index (χ3v) is 11.1. The number of nitrogens with zero attached hydrogens (tertiary/aromatic N) is 2. The fourth-order valence-electron chi connectivity index (χ4n) is 8.03. The first-order valence-corrected chi connectivity index (χ1v) is 18.7. The molecule has 1 aliphatic carbocycles. The molecule has 4 nitrogen and oxygen atoms in total. The van der Waals surface area contributed by atoms with Crippen LogP contribution in [0.15, 0.2) is 144 Å². The van der Waals surface area contributed by atoms with Crippen molar-refractivity contribution in [2.75, 3.05) is 0 Å². The number of benzene rings is 6. The summed E-state index contributed by atoms with van der Waals surface area (Å²) in [5, 5.41) is 6.42. The zero-order chi connectivity index (χ0) is 37.1. The number of furan rings is 1. The molecule has 3 aromatic heterocycles. The molecule has 10 rings (SSSR count). The van der Waals surface area contributed by atoms with Gasteiger partial charge in [-0.15, -0.1) is 23.8 Å². The van der Waals surface area contributed by atoms with Gasteiger partial charge >= 0.3 is 21.1 Å². The largest absolute Gasteiger partial charge is 2.00 e. The quantitative estimate of drug-likeness (QED) is 0.123. The molecule has 1 fully saturated rings. The van der Waals surface area contributed by atoms with Gasteiger partial charge in [0, 0.05) is 36.0 Å². The van der Waals surface area contributed by atoms with Gasteiger partial charge in [0.15, 0.2) is 0 Å². The first-order chi connectivity index (χ1) is 26.8. The maximum Gasteiger partial charge on any atom is 2.00 e. The SMILES string of the molecule is [2H]C1(c2ccc(-c3ccc4c(ccc5c4ccc4c6cc(Oc7[c-]c(-c8ccccn8)ccc7)[c-]c(-c7ccccn7)c6oc45)c3)cc2)CCC(C)(C)CC1.[Pt+2]. The Hall–Kier alpha value is -5.57. The molecule has 0 unspecified atom stereocenters. The van der Waals surface area contributed by atoms with Crippen molar-refractivity contribution in [2.45, 2.75) is 45.4 Å². The van der Waals surface area contributed by atoms with Crippen molar-refractivity contribution in [3.63, 3.8) is 0 Å². The average Bonchev–Trinajstić information content (AvgIpc) is 3.61. The smallest absolute Gasteiger partial charge is 0.500 e. The van der Waals surface area contributed by atoms with E-state index in [9.17, 15) is 1.37 Å². The maximum atomic E-state index is 9.21. The molecule has 0 bridgehead atoms. The van der Waals surface area contributed by atoms with Crippen molar-refractivity contribution >= 4 is 43.5 Å². The number of rotatable bonds is 6. The third kappa shape index (κ3) is 6.64. The molecule has 0 saturated heterocycles. The fourth-order valence-corrected chi connectivity index (χ4v) is 8.03. The van der Waals surface area contributed by atoms with Crippen LogP contribution >= 0.6 is 0 Å². The molecule has 270 valence electrons. The standard InChI is InChI=1S/C50H38N2O2.Pt/c1-50(2)24-22-34(23-25-50)32-12-14-33(15-13-32)35-16-18-40-36(28-35)17-19-42-41(40)20-21-43-44-30-39(31-45(49(44)54-48(42)43)47-11-4-6-27-52-47)53-38-9-7-8-37(29-38)46-10-3-5-26-51-46;/h3-21,26-28,30,34H,22-25H2,1-2H3;/q-2;+2/i34D;. The summed E-state index contributed by atoms with van der Waals surface area (Å²) < 4.78 is 22.5. The molecule has 0 N–H and O–H groups in total. The maximum absolute atomic E-state index is 9.21. The number of fused-ring (bicyclic) bond motifs is 7. The Labute approximate surface area is 336 Å². The molecule has 1 aliphatic rings. The number of ether oxygens (including phenoxy) is 1. The number of pyridine rings is 2. The van der Waals surface area contributed by atoms with E-state index in [2.05, 4.69) is 103 Å². The van der Waals surface area contributed by atoms with E-state index in [0.717, 1.165) is 92.0 Å². The summed E-state index contributed by atoms with van der Waals surface area (Å²) >= 11 is 0. The van der Waals surface area contributed by atoms with Crippen LogP contribution in [-0.4, -0.2) is 9.97 Å². The minimum absolute atomic E-state index is 0. The number of aromatic nitrogens is 2. The van der Waals surface area contributed by atoms with Crippen LogP contribution in [-0.2, 0) is 21.1 Å². The zero-order valence-corrected chi connectivity index (χ0v) is 32.9. The molecule has 0 spiro atoms. The number of hydrogen-bond donors (Lipinski definition) is 0. The first kappa shape index (κ1) is 34.0. The topological polar surface area (TPSA) is 48.2 Å². The molecule has 6 aromatic carbocycles. The molecule has 1 saturated carbocycles. The second-order valence-electron chi connectivity index (χ2n) is 15.2. The van der Waals surface area contributed by atoms with Gasteiger partial charge in [-0.05, 0) is 99.4 Å². The normalized spacial score (nSPS) is 15.2. The van der Waals surface area contributed by atoms with Crippen LogP contribution in [0.3, 0.4) is 0 Å². The van der Waals surface area contributed by atoms with Crippen LogP contribution in [0, 0.1) is 17.5 Å². The summed E-state index contributed by atoms with van der Waals surface area (Å²) in [4.78, 5) is 9.16. The predicted octanol–water partition coefficient (Wildman–Crippen LogP) is 13.8. The fraction of sp³-hybridized carbons (Fsp3) is 0.160. The van der Waals surface area contributed by atoms with Crippen molar-refractivity contribution in [1.82, 2.24) is 9.97 Å². The van der Waals surface area contributed by atoms with Crippen LogP contribution in [0.25, 0.3) is 77.1 Å². The van der Waals surface area contributed by atoms with Crippen LogP contribution in [0.1, 0.15) is 52.4 Å². The Morgan fingerprint density at radius 2 is 1.33 bits per heavy atom. The van der Waals surface area contributed by atoms with Crippen LogP contribution < -0.4 is 4.74 Å². The van der Waals surface area contributed by atoms with Gasteiger partial charge < -0.3 is 19.1 Å². The summed E-state index contributed by atoms with van der Waals surface area (Å²) in [6.07, 6.45) is 7.58. The summed E-state index contributed by atoms with van der Waals surface area (Å²) in [5.74, 6) is 0.623. The zero-order valence-electron chi connectivity index (χ0n) is 31.6. The van der Waals surface area contributed by atoms with Crippen molar-refractivity contribution in [3.05, 3.63) is 157 Å². The second kappa shape index (κ2) is 14.3. The van der Waals surface area contributed by atoms with Gasteiger partial charge in [0.05, 0.1) is 5.58 Å². The molecule has 3 heterocycles. The average molecular weight is 895 g/mol. The van der Waals surface area contributed by atoms with E-state index in [1.54, 1.807) is 12.4 Å².